The molecule has 3 amide bonds. The van der Waals surface area contributed by atoms with Gasteiger partial charge in [0.2, 0.25) is 17.7 Å². The van der Waals surface area contributed by atoms with Crippen molar-refractivity contribution in [2.24, 2.45) is 11.5 Å². The molecule has 0 fully saturated rings. The van der Waals surface area contributed by atoms with E-state index in [2.05, 4.69) is 10.6 Å². The first-order valence-corrected chi connectivity index (χ1v) is 11.8. The van der Waals surface area contributed by atoms with E-state index in [9.17, 15) is 29.4 Å². The van der Waals surface area contributed by atoms with Gasteiger partial charge in [0.1, 0.15) is 17.8 Å². The van der Waals surface area contributed by atoms with Crippen molar-refractivity contribution in [3.05, 3.63) is 77.9 Å². The van der Waals surface area contributed by atoms with Crippen LogP contribution < -0.4 is 22.1 Å². The highest BCUT2D eigenvalue weighted by atomic mass is 16.4. The third kappa shape index (κ3) is 8.04. The second-order valence-electron chi connectivity index (χ2n) is 8.83. The molecule has 3 aromatic rings. The number of hydrogen-bond acceptors (Lipinski definition) is 6. The smallest absolute Gasteiger partial charge is 0.326 e. The lowest BCUT2D eigenvalue weighted by atomic mass is 10.0. The van der Waals surface area contributed by atoms with Crippen LogP contribution in [0.25, 0.3) is 10.8 Å². The fourth-order valence-corrected chi connectivity index (χ4v) is 3.88. The van der Waals surface area contributed by atoms with Crippen molar-refractivity contribution in [2.75, 3.05) is 0 Å². The molecule has 0 aliphatic rings. The van der Waals surface area contributed by atoms with E-state index in [4.69, 9.17) is 11.5 Å². The zero-order valence-corrected chi connectivity index (χ0v) is 20.1. The highest BCUT2D eigenvalue weighted by Gasteiger charge is 2.28. The summed E-state index contributed by atoms with van der Waals surface area (Å²) in [5.74, 6) is -3.35. The fourth-order valence-electron chi connectivity index (χ4n) is 3.88. The molecule has 0 spiro atoms. The number of benzene rings is 3. The van der Waals surface area contributed by atoms with Crippen LogP contribution in [0.4, 0.5) is 0 Å². The SMILES string of the molecule is NC(=O)CC[C@H](NC(=O)[C@H](Cc1ccc(O)cc1)NC(=O)[C@@H](N)Cc1ccc2ccccc2c1)C(=O)O. The summed E-state index contributed by atoms with van der Waals surface area (Å²) in [5, 5.41) is 26.0. The molecule has 0 saturated heterocycles. The van der Waals surface area contributed by atoms with Crippen molar-refractivity contribution in [1.82, 2.24) is 10.6 Å². The molecule has 3 aromatic carbocycles. The lowest BCUT2D eigenvalue weighted by Gasteiger charge is -2.23. The monoisotopic (exact) mass is 506 g/mol. The van der Waals surface area contributed by atoms with Gasteiger partial charge < -0.3 is 32.3 Å². The van der Waals surface area contributed by atoms with Gasteiger partial charge in [-0.2, -0.15) is 0 Å². The van der Waals surface area contributed by atoms with Crippen LogP contribution >= 0.6 is 0 Å². The zero-order chi connectivity index (χ0) is 26.9. The summed E-state index contributed by atoms with van der Waals surface area (Å²) in [6.45, 7) is 0. The minimum atomic E-state index is -1.37. The zero-order valence-electron chi connectivity index (χ0n) is 20.1. The first kappa shape index (κ1) is 27.2. The maximum Gasteiger partial charge on any atom is 0.326 e. The third-order valence-corrected chi connectivity index (χ3v) is 5.91. The second-order valence-corrected chi connectivity index (χ2v) is 8.83. The highest BCUT2D eigenvalue weighted by molar-refractivity contribution is 5.92. The number of hydrogen-bond donors (Lipinski definition) is 6. The van der Waals surface area contributed by atoms with Gasteiger partial charge in [0.05, 0.1) is 6.04 Å². The van der Waals surface area contributed by atoms with Crippen LogP contribution in [-0.2, 0) is 32.0 Å². The van der Waals surface area contributed by atoms with Gasteiger partial charge >= 0.3 is 5.97 Å². The first-order valence-electron chi connectivity index (χ1n) is 11.8. The number of phenolic OH excluding ortho intramolecular Hbond substituents is 1. The van der Waals surface area contributed by atoms with Gasteiger partial charge in [-0.1, -0.05) is 54.6 Å². The van der Waals surface area contributed by atoms with E-state index in [1.165, 1.54) is 12.1 Å². The Balaban J connectivity index is 1.73. The summed E-state index contributed by atoms with van der Waals surface area (Å²) in [4.78, 5) is 48.7. The van der Waals surface area contributed by atoms with Gasteiger partial charge in [0, 0.05) is 12.8 Å². The highest BCUT2D eigenvalue weighted by Crippen LogP contribution is 2.17. The third-order valence-electron chi connectivity index (χ3n) is 5.91. The van der Waals surface area contributed by atoms with Crippen molar-refractivity contribution in [3.63, 3.8) is 0 Å². The summed E-state index contributed by atoms with van der Waals surface area (Å²) in [5.41, 5.74) is 12.7. The van der Waals surface area contributed by atoms with Crippen molar-refractivity contribution >= 4 is 34.5 Å². The van der Waals surface area contributed by atoms with Crippen LogP contribution in [0.15, 0.2) is 66.7 Å². The molecule has 0 unspecified atom stereocenters. The molecule has 0 heterocycles. The number of primary amides is 1. The Morgan fingerprint density at radius 2 is 1.41 bits per heavy atom. The van der Waals surface area contributed by atoms with Crippen molar-refractivity contribution < 1.29 is 29.4 Å². The predicted molar refractivity (Wildman–Crippen MR) is 137 cm³/mol. The minimum absolute atomic E-state index is 0.0166. The van der Waals surface area contributed by atoms with E-state index in [1.54, 1.807) is 12.1 Å². The van der Waals surface area contributed by atoms with Gasteiger partial charge in [-0.15, -0.1) is 0 Å². The first-order chi connectivity index (χ1) is 17.6. The number of aliphatic carboxylic acids is 1. The minimum Gasteiger partial charge on any atom is -0.508 e. The normalized spacial score (nSPS) is 13.3. The summed E-state index contributed by atoms with van der Waals surface area (Å²) >= 11 is 0. The van der Waals surface area contributed by atoms with Crippen LogP contribution in [0.5, 0.6) is 5.75 Å². The lowest BCUT2D eigenvalue weighted by molar-refractivity contribution is -0.142. The van der Waals surface area contributed by atoms with Gasteiger partial charge in [-0.25, -0.2) is 4.79 Å². The van der Waals surface area contributed by atoms with Crippen LogP contribution in [0.1, 0.15) is 24.0 Å². The molecule has 3 atom stereocenters. The number of amides is 3. The number of rotatable bonds is 12. The number of fused-ring (bicyclic) bond motifs is 1. The van der Waals surface area contributed by atoms with Gasteiger partial charge in [-0.05, 0) is 46.9 Å². The topological polar surface area (TPSA) is 185 Å². The fraction of sp³-hybridized carbons (Fsp3) is 0.259. The predicted octanol–water partition coefficient (Wildman–Crippen LogP) is 0.978. The van der Waals surface area contributed by atoms with E-state index in [1.807, 2.05) is 42.5 Å². The molecule has 0 aliphatic heterocycles. The number of carbonyl (C=O) groups excluding carboxylic acids is 3. The molecule has 194 valence electrons. The van der Waals surface area contributed by atoms with Crippen LogP contribution in [0, 0.1) is 0 Å². The van der Waals surface area contributed by atoms with Gasteiger partial charge in [0.25, 0.3) is 0 Å². The summed E-state index contributed by atoms with van der Waals surface area (Å²) in [7, 11) is 0. The van der Waals surface area contributed by atoms with E-state index in [0.29, 0.717) is 5.56 Å². The average molecular weight is 507 g/mol. The van der Waals surface area contributed by atoms with E-state index < -0.39 is 41.8 Å². The molecule has 0 aliphatic carbocycles. The maximum absolute atomic E-state index is 13.0. The van der Waals surface area contributed by atoms with Crippen LogP contribution in [0.2, 0.25) is 0 Å². The largest absolute Gasteiger partial charge is 0.508 e. The quantitative estimate of drug-likeness (QED) is 0.211. The Bertz CT molecular complexity index is 1280. The Morgan fingerprint density at radius 3 is 2.05 bits per heavy atom. The molecular formula is C27H30N4O6. The molecule has 0 radical (unpaired) electrons. The molecule has 8 N–H and O–H groups in total. The Kier molecular flexibility index (Phi) is 9.17. The van der Waals surface area contributed by atoms with Gasteiger partial charge in [-0.3, -0.25) is 14.4 Å². The van der Waals surface area contributed by atoms with Crippen molar-refractivity contribution in [3.8, 4) is 5.75 Å². The number of carboxylic acids is 1. The van der Waals surface area contributed by atoms with Crippen LogP contribution in [-0.4, -0.2) is 52.0 Å². The molecular weight excluding hydrogens is 476 g/mol. The number of phenols is 1. The molecule has 10 heteroatoms. The summed E-state index contributed by atoms with van der Waals surface area (Å²) < 4.78 is 0. The van der Waals surface area contributed by atoms with E-state index in [0.717, 1.165) is 16.3 Å². The lowest BCUT2D eigenvalue weighted by Crippen LogP contribution is -2.55. The number of carboxylic acid groups (broad SMARTS) is 1. The number of carbonyl (C=O) groups is 4. The molecule has 0 bridgehead atoms. The second kappa shape index (κ2) is 12.5. The van der Waals surface area contributed by atoms with E-state index in [-0.39, 0.29) is 31.4 Å². The molecule has 10 nitrogen and oxygen atoms in total. The van der Waals surface area contributed by atoms with Crippen LogP contribution in [0.3, 0.4) is 0 Å². The Labute approximate surface area is 213 Å². The Morgan fingerprint density at radius 1 is 0.784 bits per heavy atom. The summed E-state index contributed by atoms with van der Waals surface area (Å²) in [6.07, 6.45) is -0.191. The number of aromatic hydroxyl groups is 1. The number of nitrogens with one attached hydrogen (secondary N) is 2. The summed E-state index contributed by atoms with van der Waals surface area (Å²) in [6, 6.07) is 16.1. The maximum atomic E-state index is 13.0. The number of nitrogens with two attached hydrogens (primary N) is 2. The van der Waals surface area contributed by atoms with Gasteiger partial charge in [0.15, 0.2) is 0 Å². The van der Waals surface area contributed by atoms with E-state index >= 15 is 0 Å². The molecule has 0 aromatic heterocycles. The Hall–Kier alpha value is -4.44. The van der Waals surface area contributed by atoms with Crippen molar-refractivity contribution in [1.29, 1.82) is 0 Å². The van der Waals surface area contributed by atoms with Crippen molar-refractivity contribution in [2.45, 2.75) is 43.8 Å². The molecule has 37 heavy (non-hydrogen) atoms. The average Bonchev–Trinajstić information content (AvgIpc) is 2.86. The molecule has 3 rings (SSSR count). The standard InChI is InChI=1S/C27H30N4O6/c28-21(14-17-5-8-18-3-1-2-4-19(18)13-17)25(34)31-23(15-16-6-9-20(32)10-7-16)26(35)30-22(27(36)37)11-12-24(29)33/h1-10,13,21-23,32H,11-12,14-15,28H2,(H2,29,33)(H,30,35)(H,31,34)(H,36,37)/t21-,22-,23-/m0/s1. The molecule has 0 saturated carbocycles.